The predicted molar refractivity (Wildman–Crippen MR) is 54.4 cm³/mol. The summed E-state index contributed by atoms with van der Waals surface area (Å²) in [7, 11) is 1.61. The predicted octanol–water partition coefficient (Wildman–Crippen LogP) is 1.77. The van der Waals surface area contributed by atoms with Crippen molar-refractivity contribution in [2.45, 2.75) is 13.0 Å². The zero-order valence-electron chi connectivity index (χ0n) is 8.56. The number of aliphatic hydroxyl groups is 1. The van der Waals surface area contributed by atoms with Gasteiger partial charge in [-0.05, 0) is 13.0 Å². The molecule has 0 heterocycles. The summed E-state index contributed by atoms with van der Waals surface area (Å²) in [6.45, 7) is 2.44. The van der Waals surface area contributed by atoms with Crippen LogP contribution in [0.2, 0.25) is 0 Å². The van der Waals surface area contributed by atoms with E-state index in [4.69, 9.17) is 14.6 Å². The Morgan fingerprint density at radius 2 is 2.07 bits per heavy atom. The minimum Gasteiger partial charge on any atom is -0.496 e. The number of methoxy groups -OCH3 is 1. The molecule has 1 atom stereocenters. The van der Waals surface area contributed by atoms with Crippen molar-refractivity contribution >= 4 is 0 Å². The lowest BCUT2D eigenvalue weighted by Crippen LogP contribution is -2.10. The Balaban J connectivity index is 2.90. The largest absolute Gasteiger partial charge is 0.496 e. The van der Waals surface area contributed by atoms with E-state index in [0.717, 1.165) is 11.3 Å². The number of rotatable bonds is 5. The van der Waals surface area contributed by atoms with Gasteiger partial charge in [-0.2, -0.15) is 0 Å². The molecule has 1 N–H and O–H groups in total. The van der Waals surface area contributed by atoms with Crippen LogP contribution in [0.25, 0.3) is 0 Å². The van der Waals surface area contributed by atoms with E-state index in [1.54, 1.807) is 7.11 Å². The van der Waals surface area contributed by atoms with Crippen LogP contribution in [0.5, 0.6) is 5.75 Å². The Morgan fingerprint density at radius 1 is 1.36 bits per heavy atom. The molecule has 0 amide bonds. The van der Waals surface area contributed by atoms with Gasteiger partial charge in [0.05, 0.1) is 13.7 Å². The summed E-state index contributed by atoms with van der Waals surface area (Å²) in [5.41, 5.74) is 0.888. The van der Waals surface area contributed by atoms with Crippen molar-refractivity contribution in [3.05, 3.63) is 29.8 Å². The molecule has 0 aromatic heterocycles. The van der Waals surface area contributed by atoms with Crippen molar-refractivity contribution in [3.8, 4) is 5.75 Å². The fourth-order valence-electron chi connectivity index (χ4n) is 1.37. The lowest BCUT2D eigenvalue weighted by Gasteiger charge is -2.17. The molecule has 1 rings (SSSR count). The molecule has 0 aliphatic carbocycles. The molecule has 0 aliphatic heterocycles. The first-order chi connectivity index (χ1) is 6.83. The van der Waals surface area contributed by atoms with Crippen LogP contribution in [0.4, 0.5) is 0 Å². The summed E-state index contributed by atoms with van der Waals surface area (Å²) >= 11 is 0. The molecule has 1 aromatic carbocycles. The molecule has 0 saturated heterocycles. The normalized spacial score (nSPS) is 12.5. The van der Waals surface area contributed by atoms with Crippen LogP contribution in [0, 0.1) is 0 Å². The average molecular weight is 196 g/mol. The van der Waals surface area contributed by atoms with Crippen LogP contribution in [0.3, 0.4) is 0 Å². The first kappa shape index (κ1) is 11.0. The van der Waals surface area contributed by atoms with Crippen molar-refractivity contribution in [2.24, 2.45) is 0 Å². The smallest absolute Gasteiger partial charge is 0.124 e. The monoisotopic (exact) mass is 196 g/mol. The van der Waals surface area contributed by atoms with Crippen LogP contribution in [-0.4, -0.2) is 25.4 Å². The van der Waals surface area contributed by atoms with Crippen molar-refractivity contribution in [2.75, 3.05) is 20.3 Å². The second-order valence-electron chi connectivity index (χ2n) is 2.87. The molecule has 0 saturated carbocycles. The van der Waals surface area contributed by atoms with Gasteiger partial charge in [-0.3, -0.25) is 0 Å². The maximum absolute atomic E-state index is 9.15. The molecular weight excluding hydrogens is 180 g/mol. The van der Waals surface area contributed by atoms with E-state index < -0.39 is 0 Å². The van der Waals surface area contributed by atoms with E-state index in [-0.39, 0.29) is 12.7 Å². The SMILES string of the molecule is CCO[C@@H](CO)c1ccccc1OC. The number of ether oxygens (including phenoxy) is 2. The summed E-state index contributed by atoms with van der Waals surface area (Å²) in [4.78, 5) is 0. The fraction of sp³-hybridized carbons (Fsp3) is 0.455. The lowest BCUT2D eigenvalue weighted by atomic mass is 10.1. The van der Waals surface area contributed by atoms with E-state index in [2.05, 4.69) is 0 Å². The van der Waals surface area contributed by atoms with Gasteiger partial charge in [0.2, 0.25) is 0 Å². The third-order valence-electron chi connectivity index (χ3n) is 2.02. The Labute approximate surface area is 84.3 Å². The summed E-state index contributed by atoms with van der Waals surface area (Å²) in [5.74, 6) is 0.750. The maximum atomic E-state index is 9.15. The number of hydrogen-bond donors (Lipinski definition) is 1. The molecular formula is C11H16O3. The van der Waals surface area contributed by atoms with E-state index in [1.807, 2.05) is 31.2 Å². The highest BCUT2D eigenvalue weighted by Gasteiger charge is 2.14. The molecule has 0 unspecified atom stereocenters. The van der Waals surface area contributed by atoms with Gasteiger partial charge in [-0.25, -0.2) is 0 Å². The Morgan fingerprint density at radius 3 is 2.64 bits per heavy atom. The number of benzene rings is 1. The van der Waals surface area contributed by atoms with Crippen molar-refractivity contribution in [1.29, 1.82) is 0 Å². The van der Waals surface area contributed by atoms with Gasteiger partial charge in [-0.15, -0.1) is 0 Å². The molecule has 3 heteroatoms. The van der Waals surface area contributed by atoms with Crippen LogP contribution < -0.4 is 4.74 Å². The molecule has 0 spiro atoms. The van der Waals surface area contributed by atoms with Gasteiger partial charge in [-0.1, -0.05) is 18.2 Å². The van der Waals surface area contributed by atoms with Crippen LogP contribution in [-0.2, 0) is 4.74 Å². The van der Waals surface area contributed by atoms with Crippen molar-refractivity contribution in [3.63, 3.8) is 0 Å². The van der Waals surface area contributed by atoms with Gasteiger partial charge in [0.15, 0.2) is 0 Å². The highest BCUT2D eigenvalue weighted by atomic mass is 16.5. The van der Waals surface area contributed by atoms with E-state index >= 15 is 0 Å². The molecule has 78 valence electrons. The summed E-state index contributed by atoms with van der Waals surface area (Å²) in [6.07, 6.45) is -0.295. The average Bonchev–Trinajstić information content (AvgIpc) is 2.26. The number of aliphatic hydroxyl groups excluding tert-OH is 1. The van der Waals surface area contributed by atoms with E-state index in [0.29, 0.717) is 6.61 Å². The second-order valence-corrected chi connectivity index (χ2v) is 2.87. The van der Waals surface area contributed by atoms with E-state index in [1.165, 1.54) is 0 Å². The third kappa shape index (κ3) is 2.47. The molecule has 0 aliphatic rings. The Hall–Kier alpha value is -1.06. The first-order valence-corrected chi connectivity index (χ1v) is 4.68. The zero-order chi connectivity index (χ0) is 10.4. The molecule has 0 bridgehead atoms. The molecule has 3 nitrogen and oxygen atoms in total. The Bertz CT molecular complexity index is 273. The minimum absolute atomic E-state index is 0.0335. The summed E-state index contributed by atoms with van der Waals surface area (Å²) < 4.78 is 10.6. The minimum atomic E-state index is -0.295. The quantitative estimate of drug-likeness (QED) is 0.780. The zero-order valence-corrected chi connectivity index (χ0v) is 8.56. The van der Waals surface area contributed by atoms with Gasteiger partial charge in [0.1, 0.15) is 11.9 Å². The topological polar surface area (TPSA) is 38.7 Å². The van der Waals surface area contributed by atoms with Gasteiger partial charge in [0, 0.05) is 12.2 Å². The number of para-hydroxylation sites is 1. The summed E-state index contributed by atoms with van der Waals surface area (Å²) in [6, 6.07) is 7.55. The highest BCUT2D eigenvalue weighted by Crippen LogP contribution is 2.26. The molecule has 14 heavy (non-hydrogen) atoms. The van der Waals surface area contributed by atoms with Gasteiger partial charge in [0.25, 0.3) is 0 Å². The van der Waals surface area contributed by atoms with Crippen LogP contribution >= 0.6 is 0 Å². The van der Waals surface area contributed by atoms with Gasteiger partial charge < -0.3 is 14.6 Å². The van der Waals surface area contributed by atoms with Crippen molar-refractivity contribution in [1.82, 2.24) is 0 Å². The standard InChI is InChI=1S/C11H16O3/c1-3-14-11(8-12)9-6-4-5-7-10(9)13-2/h4-7,11-12H,3,8H2,1-2H3/t11-/m0/s1. The maximum Gasteiger partial charge on any atom is 0.124 e. The molecule has 0 radical (unpaired) electrons. The summed E-state index contributed by atoms with van der Waals surface area (Å²) in [5, 5.41) is 9.15. The first-order valence-electron chi connectivity index (χ1n) is 4.68. The van der Waals surface area contributed by atoms with E-state index in [9.17, 15) is 0 Å². The highest BCUT2D eigenvalue weighted by molar-refractivity contribution is 5.35. The number of hydrogen-bond acceptors (Lipinski definition) is 3. The van der Waals surface area contributed by atoms with Gasteiger partial charge >= 0.3 is 0 Å². The van der Waals surface area contributed by atoms with Crippen LogP contribution in [0.1, 0.15) is 18.6 Å². The van der Waals surface area contributed by atoms with Crippen molar-refractivity contribution < 1.29 is 14.6 Å². The molecule has 1 aromatic rings. The second kappa shape index (κ2) is 5.62. The fourth-order valence-corrected chi connectivity index (χ4v) is 1.37. The molecule has 0 fully saturated rings. The van der Waals surface area contributed by atoms with Crippen LogP contribution in [0.15, 0.2) is 24.3 Å². The Kier molecular flexibility index (Phi) is 4.43. The third-order valence-corrected chi connectivity index (χ3v) is 2.02. The lowest BCUT2D eigenvalue weighted by molar-refractivity contribution is 0.0175.